The summed E-state index contributed by atoms with van der Waals surface area (Å²) in [6, 6.07) is 59.5. The summed E-state index contributed by atoms with van der Waals surface area (Å²) < 4.78 is 3.31. The molecule has 0 radical (unpaired) electrons. The van der Waals surface area contributed by atoms with Crippen molar-refractivity contribution >= 4 is 59.3 Å². The van der Waals surface area contributed by atoms with Crippen molar-refractivity contribution in [2.45, 2.75) is 6.42 Å². The summed E-state index contributed by atoms with van der Waals surface area (Å²) in [7, 11) is 0. The second kappa shape index (κ2) is 15.9. The minimum absolute atomic E-state index is 0.924. The highest BCUT2D eigenvalue weighted by atomic mass is 79.9. The zero-order valence-corrected chi connectivity index (χ0v) is 33.5. The van der Waals surface area contributed by atoms with Crippen molar-refractivity contribution in [2.75, 3.05) is 0 Å². The maximum atomic E-state index is 4.74. The van der Waals surface area contributed by atoms with Crippen LogP contribution in [0.2, 0.25) is 0 Å². The quantitative estimate of drug-likeness (QED) is 0.178. The lowest BCUT2D eigenvalue weighted by atomic mass is 9.99. The van der Waals surface area contributed by atoms with Crippen LogP contribution in [-0.4, -0.2) is 24.5 Å². The first-order valence-corrected chi connectivity index (χ1v) is 20.4. The molecule has 12 rings (SSSR count). The molecule has 6 heteroatoms. The van der Waals surface area contributed by atoms with Gasteiger partial charge in [0, 0.05) is 62.7 Å². The summed E-state index contributed by atoms with van der Waals surface area (Å²) in [5.41, 5.74) is 13.2. The standard InChI is InChI=1S/C26H17N3.C17H12.C10H7BrN2/c1-2-8-21-18(6-1)11-13-23-22-9-3-4-10-25(22)29(26(21)23)20-12-14-24(28-17-20)19-7-5-15-27-16-19;1-3-7-14-12(5-1)9-10-16-15-8-4-2-6-13(15)11-17(14)16;11-9-3-4-10(13-7-9)8-2-1-5-12-6-8/h1-17H;1-10H,11H2;1-7H. The Labute approximate surface area is 350 Å². The van der Waals surface area contributed by atoms with E-state index in [-0.39, 0.29) is 0 Å². The van der Waals surface area contributed by atoms with E-state index in [1.165, 1.54) is 65.6 Å². The number of benzene rings is 6. The Morgan fingerprint density at radius 3 is 1.76 bits per heavy atom. The molecule has 1 aliphatic rings. The van der Waals surface area contributed by atoms with E-state index < -0.39 is 0 Å². The fourth-order valence-corrected chi connectivity index (χ4v) is 8.40. The van der Waals surface area contributed by atoms with Crippen LogP contribution in [0, 0.1) is 0 Å². The molecule has 5 nitrogen and oxygen atoms in total. The van der Waals surface area contributed by atoms with E-state index in [0.29, 0.717) is 0 Å². The monoisotopic (exact) mass is 821 g/mol. The summed E-state index contributed by atoms with van der Waals surface area (Å²) in [6.45, 7) is 0. The largest absolute Gasteiger partial charge is 0.307 e. The summed E-state index contributed by atoms with van der Waals surface area (Å²) in [5, 5.41) is 7.75. The molecule has 59 heavy (non-hydrogen) atoms. The molecule has 0 N–H and O–H groups in total. The Morgan fingerprint density at radius 1 is 0.441 bits per heavy atom. The Hall–Kier alpha value is -7.28. The lowest BCUT2D eigenvalue weighted by Crippen LogP contribution is -1.96. The van der Waals surface area contributed by atoms with Crippen molar-refractivity contribution in [1.82, 2.24) is 24.5 Å². The Kier molecular flexibility index (Phi) is 9.74. The van der Waals surface area contributed by atoms with E-state index in [4.69, 9.17) is 4.98 Å². The summed E-state index contributed by atoms with van der Waals surface area (Å²) in [5.74, 6) is 0. The number of halogens is 1. The van der Waals surface area contributed by atoms with Crippen molar-refractivity contribution < 1.29 is 0 Å². The maximum Gasteiger partial charge on any atom is 0.0719 e. The molecule has 0 aliphatic heterocycles. The highest BCUT2D eigenvalue weighted by Gasteiger charge is 2.19. The van der Waals surface area contributed by atoms with Crippen molar-refractivity contribution in [3.8, 4) is 39.3 Å². The van der Waals surface area contributed by atoms with Gasteiger partial charge < -0.3 is 4.57 Å². The van der Waals surface area contributed by atoms with Crippen LogP contribution < -0.4 is 0 Å². The van der Waals surface area contributed by atoms with Crippen molar-refractivity contribution in [3.63, 3.8) is 0 Å². The predicted molar refractivity (Wildman–Crippen MR) is 247 cm³/mol. The molecular formula is C53H36BrN5. The molecule has 11 aromatic rings. The number of aromatic nitrogens is 5. The zero-order chi connectivity index (χ0) is 39.5. The average molecular weight is 823 g/mol. The number of pyridine rings is 4. The van der Waals surface area contributed by atoms with Gasteiger partial charge in [0.15, 0.2) is 0 Å². The summed E-state index contributed by atoms with van der Waals surface area (Å²) >= 11 is 3.34. The number of para-hydroxylation sites is 1. The molecule has 0 unspecified atom stereocenters. The number of hydrogen-bond acceptors (Lipinski definition) is 4. The molecule has 0 amide bonds. The number of rotatable bonds is 3. The van der Waals surface area contributed by atoms with Crippen LogP contribution in [0.1, 0.15) is 11.1 Å². The first kappa shape index (κ1) is 36.1. The van der Waals surface area contributed by atoms with Gasteiger partial charge in [0.05, 0.1) is 34.3 Å². The minimum Gasteiger partial charge on any atom is -0.307 e. The highest BCUT2D eigenvalue weighted by molar-refractivity contribution is 9.10. The zero-order valence-electron chi connectivity index (χ0n) is 32.0. The van der Waals surface area contributed by atoms with Gasteiger partial charge in [0.2, 0.25) is 0 Å². The average Bonchev–Trinajstić information content (AvgIpc) is 3.87. The summed E-state index contributed by atoms with van der Waals surface area (Å²) in [6.07, 6.45) is 12.0. The predicted octanol–water partition coefficient (Wildman–Crippen LogP) is 13.7. The first-order valence-electron chi connectivity index (χ1n) is 19.6. The van der Waals surface area contributed by atoms with Gasteiger partial charge in [-0.05, 0) is 115 Å². The summed E-state index contributed by atoms with van der Waals surface area (Å²) in [4.78, 5) is 17.2. The number of hydrogen-bond donors (Lipinski definition) is 0. The van der Waals surface area contributed by atoms with Gasteiger partial charge in [0.1, 0.15) is 0 Å². The normalized spacial score (nSPS) is 11.4. The van der Waals surface area contributed by atoms with Gasteiger partial charge in [-0.2, -0.15) is 0 Å². The maximum absolute atomic E-state index is 4.74. The molecule has 0 bridgehead atoms. The van der Waals surface area contributed by atoms with Crippen LogP contribution in [0.3, 0.4) is 0 Å². The van der Waals surface area contributed by atoms with Gasteiger partial charge in [-0.1, -0.05) is 115 Å². The van der Waals surface area contributed by atoms with E-state index in [2.05, 4.69) is 169 Å². The van der Waals surface area contributed by atoms with Crippen LogP contribution >= 0.6 is 15.9 Å². The van der Waals surface area contributed by atoms with Gasteiger partial charge >= 0.3 is 0 Å². The Morgan fingerprint density at radius 2 is 1.07 bits per heavy atom. The molecule has 6 aromatic carbocycles. The molecule has 5 heterocycles. The molecular weight excluding hydrogens is 787 g/mol. The van der Waals surface area contributed by atoms with E-state index in [0.717, 1.165) is 39.1 Å². The molecule has 0 fully saturated rings. The minimum atomic E-state index is 0.924. The molecule has 0 saturated heterocycles. The fourth-order valence-electron chi connectivity index (χ4n) is 8.17. The topological polar surface area (TPSA) is 56.5 Å². The van der Waals surface area contributed by atoms with Crippen LogP contribution in [0.5, 0.6) is 0 Å². The Bertz CT molecular complexity index is 3230. The molecule has 1 aliphatic carbocycles. The number of fused-ring (bicyclic) bond motifs is 10. The van der Waals surface area contributed by atoms with E-state index in [9.17, 15) is 0 Å². The molecule has 0 spiro atoms. The van der Waals surface area contributed by atoms with E-state index >= 15 is 0 Å². The highest BCUT2D eigenvalue weighted by Crippen LogP contribution is 2.40. The molecule has 0 atom stereocenters. The SMILES string of the molecule is Brc1ccc(-c2cccnc2)nc1.c1ccc2c(c1)Cc1c-2ccc2ccccc12.c1cncc(-c2ccc(-n3c4ccccc4c4ccc5ccccc5c43)cn2)c1. The Balaban J connectivity index is 0.000000118. The third-order valence-corrected chi connectivity index (χ3v) is 11.4. The lowest BCUT2D eigenvalue weighted by molar-refractivity contribution is 1.14. The van der Waals surface area contributed by atoms with Crippen LogP contribution in [-0.2, 0) is 6.42 Å². The van der Waals surface area contributed by atoms with Crippen LogP contribution in [0.25, 0.3) is 82.7 Å². The van der Waals surface area contributed by atoms with Gasteiger partial charge in [-0.15, -0.1) is 0 Å². The van der Waals surface area contributed by atoms with Crippen LogP contribution in [0.15, 0.2) is 212 Å². The van der Waals surface area contributed by atoms with Crippen LogP contribution in [0.4, 0.5) is 0 Å². The smallest absolute Gasteiger partial charge is 0.0719 e. The third-order valence-electron chi connectivity index (χ3n) is 10.9. The van der Waals surface area contributed by atoms with Gasteiger partial charge in [0.25, 0.3) is 0 Å². The second-order valence-electron chi connectivity index (χ2n) is 14.4. The second-order valence-corrected chi connectivity index (χ2v) is 15.3. The van der Waals surface area contributed by atoms with E-state index in [1.54, 1.807) is 24.8 Å². The number of nitrogens with zero attached hydrogens (tertiary/aromatic N) is 5. The third kappa shape index (κ3) is 7.05. The van der Waals surface area contributed by atoms with Crippen molar-refractivity contribution in [1.29, 1.82) is 0 Å². The molecule has 0 saturated carbocycles. The van der Waals surface area contributed by atoms with Crippen molar-refractivity contribution in [2.24, 2.45) is 0 Å². The van der Waals surface area contributed by atoms with Gasteiger partial charge in [-0.3, -0.25) is 19.9 Å². The van der Waals surface area contributed by atoms with Gasteiger partial charge in [-0.25, -0.2) is 0 Å². The van der Waals surface area contributed by atoms with Crippen molar-refractivity contribution in [3.05, 3.63) is 223 Å². The molecule has 280 valence electrons. The lowest BCUT2D eigenvalue weighted by Gasteiger charge is -2.10. The fraction of sp³-hybridized carbons (Fsp3) is 0.0189. The molecule has 5 aromatic heterocycles. The first-order chi connectivity index (χ1) is 29.2. The van der Waals surface area contributed by atoms with E-state index in [1.807, 2.05) is 48.8 Å².